The van der Waals surface area contributed by atoms with Gasteiger partial charge >= 0.3 is 10.1 Å². The van der Waals surface area contributed by atoms with Gasteiger partial charge in [0, 0.05) is 13.2 Å². The van der Waals surface area contributed by atoms with Crippen molar-refractivity contribution in [1.29, 1.82) is 0 Å². The molecule has 1 fully saturated rings. The second-order valence-corrected chi connectivity index (χ2v) is 9.54. The smallest absolute Gasteiger partial charge is 0.306 e. The molecule has 2 heterocycles. The zero-order chi connectivity index (χ0) is 21.2. The molecule has 1 spiro atoms. The largest absolute Gasteiger partial charge is 0.384 e. The van der Waals surface area contributed by atoms with E-state index in [9.17, 15) is 13.2 Å². The lowest BCUT2D eigenvalue weighted by Crippen LogP contribution is -2.53. The van der Waals surface area contributed by atoms with Gasteiger partial charge in [-0.15, -0.1) is 0 Å². The van der Waals surface area contributed by atoms with E-state index in [-0.39, 0.29) is 30.5 Å². The van der Waals surface area contributed by atoms with Gasteiger partial charge in [0.05, 0.1) is 25.0 Å². The standard InChI is InChI=1S/C21H29NO6S/c1-14-10-15(2)17(16(3)11-14)18-19(28-29(4,24)25)21(22-20(18)23)12-26-8-6-5-7-9-27-13-21/h10-11H,5-9,12-13H2,1-4H3,(H,22,23). The van der Waals surface area contributed by atoms with Crippen LogP contribution >= 0.6 is 0 Å². The van der Waals surface area contributed by atoms with Crippen LogP contribution in [0.4, 0.5) is 0 Å². The molecule has 8 heteroatoms. The Morgan fingerprint density at radius 1 is 1.00 bits per heavy atom. The van der Waals surface area contributed by atoms with Gasteiger partial charge in [-0.1, -0.05) is 17.7 Å². The molecule has 0 unspecified atom stereocenters. The molecular weight excluding hydrogens is 394 g/mol. The van der Waals surface area contributed by atoms with Crippen LogP contribution in [0, 0.1) is 20.8 Å². The van der Waals surface area contributed by atoms with Crippen LogP contribution in [0.3, 0.4) is 0 Å². The van der Waals surface area contributed by atoms with E-state index in [1.165, 1.54) is 0 Å². The number of carbonyl (C=O) groups is 1. The van der Waals surface area contributed by atoms with Crippen LogP contribution in [-0.4, -0.2) is 52.5 Å². The van der Waals surface area contributed by atoms with Gasteiger partial charge in [0.25, 0.3) is 5.91 Å². The van der Waals surface area contributed by atoms with Crippen LogP contribution < -0.4 is 5.32 Å². The lowest BCUT2D eigenvalue weighted by atomic mass is 9.91. The van der Waals surface area contributed by atoms with Crippen LogP contribution in [-0.2, 0) is 28.6 Å². The molecular formula is C21H29NO6S. The van der Waals surface area contributed by atoms with Crippen molar-refractivity contribution in [3.05, 3.63) is 40.1 Å². The van der Waals surface area contributed by atoms with E-state index in [0.29, 0.717) is 18.8 Å². The maximum atomic E-state index is 13.1. The molecule has 0 radical (unpaired) electrons. The summed E-state index contributed by atoms with van der Waals surface area (Å²) in [5, 5.41) is 2.92. The normalized spacial score (nSPS) is 20.6. The van der Waals surface area contributed by atoms with Crippen LogP contribution in [0.15, 0.2) is 17.9 Å². The maximum Gasteiger partial charge on any atom is 0.306 e. The van der Waals surface area contributed by atoms with E-state index in [0.717, 1.165) is 42.2 Å². The first kappa shape index (κ1) is 21.8. The van der Waals surface area contributed by atoms with Gasteiger partial charge in [0.15, 0.2) is 5.76 Å². The summed E-state index contributed by atoms with van der Waals surface area (Å²) in [6.45, 7) is 7.00. The highest BCUT2D eigenvalue weighted by molar-refractivity contribution is 7.86. The number of hydrogen-bond acceptors (Lipinski definition) is 6. The molecule has 29 heavy (non-hydrogen) atoms. The van der Waals surface area contributed by atoms with Gasteiger partial charge in [-0.3, -0.25) is 4.79 Å². The van der Waals surface area contributed by atoms with Crippen molar-refractivity contribution in [2.24, 2.45) is 0 Å². The van der Waals surface area contributed by atoms with Crippen molar-refractivity contribution in [3.63, 3.8) is 0 Å². The molecule has 3 rings (SSSR count). The number of amides is 1. The van der Waals surface area contributed by atoms with E-state index in [1.54, 1.807) is 0 Å². The number of rotatable bonds is 3. The molecule has 0 saturated carbocycles. The lowest BCUT2D eigenvalue weighted by Gasteiger charge is -2.31. The number of aryl methyl sites for hydroxylation is 3. The van der Waals surface area contributed by atoms with Gasteiger partial charge in [0.1, 0.15) is 5.54 Å². The summed E-state index contributed by atoms with van der Waals surface area (Å²) < 4.78 is 41.3. The molecule has 1 N–H and O–H groups in total. The Kier molecular flexibility index (Phi) is 6.36. The van der Waals surface area contributed by atoms with Crippen molar-refractivity contribution in [1.82, 2.24) is 5.32 Å². The SMILES string of the molecule is Cc1cc(C)c(C2=C(OS(C)(=O)=O)C3(COCCCCCOC3)NC2=O)c(C)c1. The van der Waals surface area contributed by atoms with Crippen molar-refractivity contribution in [2.75, 3.05) is 32.7 Å². The maximum absolute atomic E-state index is 13.1. The van der Waals surface area contributed by atoms with E-state index in [4.69, 9.17) is 13.7 Å². The van der Waals surface area contributed by atoms with Crippen LogP contribution in [0.5, 0.6) is 0 Å². The molecule has 1 aromatic rings. The molecule has 1 amide bonds. The number of nitrogens with one attached hydrogen (secondary N) is 1. The monoisotopic (exact) mass is 423 g/mol. The van der Waals surface area contributed by atoms with Gasteiger partial charge in [-0.25, -0.2) is 0 Å². The Bertz CT molecular complexity index is 901. The van der Waals surface area contributed by atoms with E-state index in [1.807, 2.05) is 32.9 Å². The first-order valence-electron chi connectivity index (χ1n) is 9.83. The van der Waals surface area contributed by atoms with E-state index in [2.05, 4.69) is 5.32 Å². The fraction of sp³-hybridized carbons (Fsp3) is 0.571. The van der Waals surface area contributed by atoms with Crippen molar-refractivity contribution >= 4 is 21.6 Å². The Morgan fingerprint density at radius 2 is 1.55 bits per heavy atom. The highest BCUT2D eigenvalue weighted by Gasteiger charge is 2.50. The highest BCUT2D eigenvalue weighted by atomic mass is 32.2. The topological polar surface area (TPSA) is 90.9 Å². The number of carbonyl (C=O) groups excluding carboxylic acids is 1. The lowest BCUT2D eigenvalue weighted by molar-refractivity contribution is -0.117. The summed E-state index contributed by atoms with van der Waals surface area (Å²) in [5.74, 6) is -0.330. The number of hydrogen-bond donors (Lipinski definition) is 1. The zero-order valence-corrected chi connectivity index (χ0v) is 18.3. The summed E-state index contributed by atoms with van der Waals surface area (Å²) in [4.78, 5) is 13.1. The molecule has 1 aromatic carbocycles. The molecule has 0 bridgehead atoms. The minimum atomic E-state index is -3.88. The predicted molar refractivity (Wildman–Crippen MR) is 110 cm³/mol. The molecule has 0 atom stereocenters. The Morgan fingerprint density at radius 3 is 2.07 bits per heavy atom. The van der Waals surface area contributed by atoms with Gasteiger partial charge in [0.2, 0.25) is 0 Å². The second-order valence-electron chi connectivity index (χ2n) is 7.97. The average molecular weight is 424 g/mol. The third-order valence-corrected chi connectivity index (χ3v) is 5.65. The quantitative estimate of drug-likeness (QED) is 0.751. The molecule has 2 aliphatic rings. The van der Waals surface area contributed by atoms with Crippen LogP contribution in [0.2, 0.25) is 0 Å². The van der Waals surface area contributed by atoms with Crippen molar-refractivity contribution in [2.45, 2.75) is 45.6 Å². The fourth-order valence-electron chi connectivity index (χ4n) is 4.08. The summed E-state index contributed by atoms with van der Waals surface area (Å²) in [6.07, 6.45) is 3.73. The Hall–Kier alpha value is -1.90. The molecule has 0 aliphatic carbocycles. The van der Waals surface area contributed by atoms with Crippen LogP contribution in [0.25, 0.3) is 5.57 Å². The van der Waals surface area contributed by atoms with Gasteiger partial charge in [-0.2, -0.15) is 8.42 Å². The second kappa shape index (κ2) is 8.45. The zero-order valence-electron chi connectivity index (χ0n) is 17.5. The average Bonchev–Trinajstić information content (AvgIpc) is 2.84. The third kappa shape index (κ3) is 4.82. The predicted octanol–water partition coefficient (Wildman–Crippen LogP) is 2.38. The molecule has 7 nitrogen and oxygen atoms in total. The van der Waals surface area contributed by atoms with E-state index >= 15 is 0 Å². The minimum Gasteiger partial charge on any atom is -0.384 e. The summed E-state index contributed by atoms with van der Waals surface area (Å²) in [7, 11) is -3.88. The number of ether oxygens (including phenoxy) is 2. The first-order chi connectivity index (χ1) is 13.6. The Labute approximate surface area is 172 Å². The van der Waals surface area contributed by atoms with Crippen LogP contribution in [0.1, 0.15) is 41.5 Å². The van der Waals surface area contributed by atoms with Crippen molar-refractivity contribution in [3.8, 4) is 0 Å². The molecule has 160 valence electrons. The molecule has 0 aromatic heterocycles. The Balaban J connectivity index is 2.19. The molecule has 1 saturated heterocycles. The fourth-order valence-corrected chi connectivity index (χ4v) is 4.62. The summed E-state index contributed by atoms with van der Waals surface area (Å²) in [6, 6.07) is 3.93. The summed E-state index contributed by atoms with van der Waals surface area (Å²) in [5.41, 5.74) is 2.54. The minimum absolute atomic E-state index is 0.0561. The third-order valence-electron chi connectivity index (χ3n) is 5.18. The summed E-state index contributed by atoms with van der Waals surface area (Å²) >= 11 is 0. The van der Waals surface area contributed by atoms with Gasteiger partial charge < -0.3 is 19.0 Å². The first-order valence-corrected chi connectivity index (χ1v) is 11.6. The van der Waals surface area contributed by atoms with Gasteiger partial charge in [-0.05, 0) is 56.7 Å². The number of benzene rings is 1. The van der Waals surface area contributed by atoms with Crippen molar-refractivity contribution < 1.29 is 26.9 Å². The molecule has 2 aliphatic heterocycles. The van der Waals surface area contributed by atoms with E-state index < -0.39 is 15.7 Å². The highest BCUT2D eigenvalue weighted by Crippen LogP contribution is 2.39.